The number of rotatable bonds is 3. The second-order valence-corrected chi connectivity index (χ2v) is 5.51. The predicted molar refractivity (Wildman–Crippen MR) is 92.5 cm³/mol. The summed E-state index contributed by atoms with van der Waals surface area (Å²) >= 11 is 0. The molecular formula is C20H18N2. The largest absolute Gasteiger partial charge is 0.374 e. The quantitative estimate of drug-likeness (QED) is 0.892. The molecule has 3 rings (SSSR count). The number of fused-ring (bicyclic) bond motifs is 1. The standard InChI is InChI=1S/C20H18N2/c1-4-15-9-10-17(11-16(15)12-21)22-20-13(2)18-7-5-6-8-19(18)14(20)3/h5-11,20,22H,2-4H2,1H3. The van der Waals surface area contributed by atoms with Crippen LogP contribution in [-0.4, -0.2) is 6.04 Å². The number of hydrogen-bond donors (Lipinski definition) is 1. The molecule has 0 saturated carbocycles. The van der Waals surface area contributed by atoms with Crippen molar-refractivity contribution >= 4 is 16.8 Å². The van der Waals surface area contributed by atoms with Gasteiger partial charge >= 0.3 is 0 Å². The molecular weight excluding hydrogens is 268 g/mol. The fourth-order valence-corrected chi connectivity index (χ4v) is 2.98. The van der Waals surface area contributed by atoms with Gasteiger partial charge in [0.1, 0.15) is 0 Å². The molecule has 2 nitrogen and oxygen atoms in total. The van der Waals surface area contributed by atoms with Crippen molar-refractivity contribution in [3.05, 3.63) is 77.9 Å². The molecule has 0 radical (unpaired) electrons. The Bertz CT molecular complexity index is 774. The van der Waals surface area contributed by atoms with Crippen molar-refractivity contribution in [3.8, 4) is 6.07 Å². The normalized spacial score (nSPS) is 13.8. The summed E-state index contributed by atoms with van der Waals surface area (Å²) in [4.78, 5) is 0. The average molecular weight is 286 g/mol. The minimum Gasteiger partial charge on any atom is -0.374 e. The molecule has 0 saturated heterocycles. The molecule has 0 spiro atoms. The van der Waals surface area contributed by atoms with E-state index in [-0.39, 0.29) is 6.04 Å². The maximum absolute atomic E-state index is 9.27. The van der Waals surface area contributed by atoms with Gasteiger partial charge in [0.25, 0.3) is 0 Å². The van der Waals surface area contributed by atoms with E-state index in [1.54, 1.807) is 0 Å². The number of hydrogen-bond acceptors (Lipinski definition) is 2. The Hall–Kier alpha value is -2.79. The maximum Gasteiger partial charge on any atom is 0.0995 e. The van der Waals surface area contributed by atoms with Crippen LogP contribution in [-0.2, 0) is 6.42 Å². The van der Waals surface area contributed by atoms with Gasteiger partial charge in [-0.25, -0.2) is 0 Å². The summed E-state index contributed by atoms with van der Waals surface area (Å²) in [7, 11) is 0. The van der Waals surface area contributed by atoms with Crippen LogP contribution in [0.25, 0.3) is 11.1 Å². The second kappa shape index (κ2) is 5.54. The third-order valence-corrected chi connectivity index (χ3v) is 4.24. The van der Waals surface area contributed by atoms with Crippen molar-refractivity contribution in [3.63, 3.8) is 0 Å². The van der Waals surface area contributed by atoms with Gasteiger partial charge in [-0.1, -0.05) is 50.4 Å². The number of nitrogens with zero attached hydrogens (tertiary/aromatic N) is 1. The highest BCUT2D eigenvalue weighted by molar-refractivity contribution is 5.98. The lowest BCUT2D eigenvalue weighted by molar-refractivity contribution is 1.12. The van der Waals surface area contributed by atoms with Crippen LogP contribution in [0.15, 0.2) is 55.6 Å². The lowest BCUT2D eigenvalue weighted by Crippen LogP contribution is -2.17. The third-order valence-electron chi connectivity index (χ3n) is 4.24. The maximum atomic E-state index is 9.27. The summed E-state index contributed by atoms with van der Waals surface area (Å²) in [6.45, 7) is 10.5. The molecule has 1 N–H and O–H groups in total. The summed E-state index contributed by atoms with van der Waals surface area (Å²) in [5.41, 5.74) is 7.07. The zero-order chi connectivity index (χ0) is 15.7. The van der Waals surface area contributed by atoms with Crippen LogP contribution >= 0.6 is 0 Å². The summed E-state index contributed by atoms with van der Waals surface area (Å²) in [6, 6.07) is 16.4. The lowest BCUT2D eigenvalue weighted by atomic mass is 10.0. The first-order valence-electron chi connectivity index (χ1n) is 7.42. The number of aryl methyl sites for hydroxylation is 1. The number of nitriles is 1. The predicted octanol–water partition coefficient (Wildman–Crippen LogP) is 4.64. The zero-order valence-electron chi connectivity index (χ0n) is 12.7. The van der Waals surface area contributed by atoms with Crippen LogP contribution in [0.3, 0.4) is 0 Å². The fraction of sp³-hybridized carbons (Fsp3) is 0.150. The van der Waals surface area contributed by atoms with Gasteiger partial charge in [-0.3, -0.25) is 0 Å². The summed E-state index contributed by atoms with van der Waals surface area (Å²) in [5, 5.41) is 12.7. The third kappa shape index (κ3) is 2.21. The van der Waals surface area contributed by atoms with E-state index in [4.69, 9.17) is 0 Å². The van der Waals surface area contributed by atoms with Gasteiger partial charge in [0.2, 0.25) is 0 Å². The van der Waals surface area contributed by atoms with Gasteiger partial charge in [-0.2, -0.15) is 5.26 Å². The molecule has 1 aliphatic rings. The number of anilines is 1. The van der Waals surface area contributed by atoms with E-state index < -0.39 is 0 Å². The summed E-state index contributed by atoms with van der Waals surface area (Å²) < 4.78 is 0. The van der Waals surface area contributed by atoms with E-state index >= 15 is 0 Å². The molecule has 1 aliphatic carbocycles. The topological polar surface area (TPSA) is 35.8 Å². The van der Waals surface area contributed by atoms with Gasteiger partial charge in [-0.15, -0.1) is 0 Å². The minimum absolute atomic E-state index is 0.0172. The molecule has 0 atom stereocenters. The van der Waals surface area contributed by atoms with Crippen LogP contribution in [0.1, 0.15) is 29.2 Å². The summed E-state index contributed by atoms with van der Waals surface area (Å²) in [5.74, 6) is 0. The van der Waals surface area contributed by atoms with Gasteiger partial charge in [0.15, 0.2) is 0 Å². The van der Waals surface area contributed by atoms with Crippen molar-refractivity contribution in [2.75, 3.05) is 5.32 Å². The average Bonchev–Trinajstić information content (AvgIpc) is 2.80. The Morgan fingerprint density at radius 3 is 2.27 bits per heavy atom. The Labute approximate surface area is 131 Å². The molecule has 2 aromatic rings. The van der Waals surface area contributed by atoms with E-state index in [0.29, 0.717) is 0 Å². The lowest BCUT2D eigenvalue weighted by Gasteiger charge is -2.18. The first kappa shape index (κ1) is 14.2. The highest BCUT2D eigenvalue weighted by Gasteiger charge is 2.28. The zero-order valence-corrected chi connectivity index (χ0v) is 12.7. The minimum atomic E-state index is -0.0172. The van der Waals surface area contributed by atoms with Crippen LogP contribution in [0, 0.1) is 11.3 Å². The van der Waals surface area contributed by atoms with E-state index in [9.17, 15) is 5.26 Å². The van der Waals surface area contributed by atoms with Crippen molar-refractivity contribution < 1.29 is 0 Å². The Morgan fingerprint density at radius 1 is 1.09 bits per heavy atom. The Balaban J connectivity index is 1.91. The van der Waals surface area contributed by atoms with Gasteiger partial charge in [0, 0.05) is 5.69 Å². The molecule has 108 valence electrons. The molecule has 2 aromatic carbocycles. The van der Waals surface area contributed by atoms with Gasteiger partial charge in [-0.05, 0) is 46.4 Å². The Morgan fingerprint density at radius 2 is 1.73 bits per heavy atom. The van der Waals surface area contributed by atoms with Crippen molar-refractivity contribution in [2.24, 2.45) is 0 Å². The van der Waals surface area contributed by atoms with E-state index in [2.05, 4.69) is 43.6 Å². The highest BCUT2D eigenvalue weighted by Crippen LogP contribution is 2.40. The fourth-order valence-electron chi connectivity index (χ4n) is 2.98. The molecule has 0 aromatic heterocycles. The summed E-state index contributed by atoms with van der Waals surface area (Å²) in [6.07, 6.45) is 0.859. The molecule has 22 heavy (non-hydrogen) atoms. The monoisotopic (exact) mass is 286 g/mol. The first-order valence-corrected chi connectivity index (χ1v) is 7.42. The smallest absolute Gasteiger partial charge is 0.0995 e. The van der Waals surface area contributed by atoms with Crippen molar-refractivity contribution in [1.82, 2.24) is 0 Å². The highest BCUT2D eigenvalue weighted by atomic mass is 14.9. The van der Waals surface area contributed by atoms with Crippen LogP contribution < -0.4 is 5.32 Å². The first-order chi connectivity index (χ1) is 10.7. The number of benzene rings is 2. The van der Waals surface area contributed by atoms with E-state index in [1.165, 1.54) is 0 Å². The van der Waals surface area contributed by atoms with Crippen LogP contribution in [0.2, 0.25) is 0 Å². The van der Waals surface area contributed by atoms with Crippen LogP contribution in [0.5, 0.6) is 0 Å². The SMILES string of the molecule is C=C1c2ccccc2C(=C)C1Nc1ccc(CC)c(C#N)c1. The molecule has 0 amide bonds. The molecule has 0 heterocycles. The molecule has 0 aliphatic heterocycles. The van der Waals surface area contributed by atoms with Crippen molar-refractivity contribution in [2.45, 2.75) is 19.4 Å². The molecule has 0 unspecified atom stereocenters. The molecule has 0 bridgehead atoms. The van der Waals surface area contributed by atoms with Crippen molar-refractivity contribution in [1.29, 1.82) is 5.26 Å². The molecule has 2 heteroatoms. The number of nitrogens with one attached hydrogen (secondary N) is 1. The second-order valence-electron chi connectivity index (χ2n) is 5.51. The van der Waals surface area contributed by atoms with E-state index in [1.807, 2.05) is 30.3 Å². The molecule has 0 fully saturated rings. The van der Waals surface area contributed by atoms with Gasteiger partial charge < -0.3 is 5.32 Å². The van der Waals surface area contributed by atoms with Crippen LogP contribution in [0.4, 0.5) is 5.69 Å². The van der Waals surface area contributed by atoms with E-state index in [0.717, 1.165) is 45.5 Å². The Kier molecular flexibility index (Phi) is 3.56. The van der Waals surface area contributed by atoms with Gasteiger partial charge in [0.05, 0.1) is 17.7 Å².